The summed E-state index contributed by atoms with van der Waals surface area (Å²) in [6.07, 6.45) is 0.243. The molecule has 0 spiro atoms. The smallest absolute Gasteiger partial charge is 0.166 e. The zero-order valence-corrected chi connectivity index (χ0v) is 10.7. The van der Waals surface area contributed by atoms with Gasteiger partial charge >= 0.3 is 0 Å². The Kier molecular flexibility index (Phi) is 2.49. The molecule has 4 heteroatoms. The molecule has 0 radical (unpaired) electrons. The molecule has 92 valence electrons. The van der Waals surface area contributed by atoms with Crippen LogP contribution in [0.1, 0.15) is 24.8 Å². The maximum Gasteiger partial charge on any atom is 0.166 e. The molecular formula is C13H15ClO3. The van der Waals surface area contributed by atoms with Crippen LogP contribution >= 0.6 is 11.6 Å². The molecule has 2 atom stereocenters. The second-order valence-electron chi connectivity index (χ2n) is 5.01. The number of benzene rings is 1. The number of ether oxygens (including phenoxy) is 3. The molecule has 1 aromatic rings. The van der Waals surface area contributed by atoms with Gasteiger partial charge in [0.1, 0.15) is 23.7 Å². The van der Waals surface area contributed by atoms with Crippen LogP contribution in [-0.2, 0) is 4.74 Å². The molecule has 3 rings (SSSR count). The highest BCUT2D eigenvalue weighted by Crippen LogP contribution is 2.50. The van der Waals surface area contributed by atoms with Crippen molar-refractivity contribution >= 4 is 11.6 Å². The molecule has 2 aliphatic rings. The Balaban J connectivity index is 1.87. The monoisotopic (exact) mass is 254 g/mol. The van der Waals surface area contributed by atoms with E-state index in [2.05, 4.69) is 0 Å². The predicted octanol–water partition coefficient (Wildman–Crippen LogP) is 2.92. The standard InChI is InChI=1S/C13H15ClO3/c1-13(2)12(14)9-4-3-5-10(11(9)17-13)16-7-8-6-15-8/h3-5,8,12H,6-7H2,1-2H3/t8?,12-/m0/s1. The number of halogens is 1. The summed E-state index contributed by atoms with van der Waals surface area (Å²) < 4.78 is 16.7. The molecule has 3 nitrogen and oxygen atoms in total. The van der Waals surface area contributed by atoms with E-state index in [0.717, 1.165) is 23.7 Å². The largest absolute Gasteiger partial charge is 0.487 e. The first-order valence-electron chi connectivity index (χ1n) is 5.78. The third-order valence-electron chi connectivity index (χ3n) is 3.08. The first-order valence-corrected chi connectivity index (χ1v) is 6.22. The highest BCUT2D eigenvalue weighted by atomic mass is 35.5. The Morgan fingerprint density at radius 1 is 1.47 bits per heavy atom. The number of rotatable bonds is 3. The topological polar surface area (TPSA) is 31.0 Å². The Morgan fingerprint density at radius 3 is 2.94 bits per heavy atom. The fourth-order valence-electron chi connectivity index (χ4n) is 1.99. The van der Waals surface area contributed by atoms with Gasteiger partial charge in [-0.3, -0.25) is 0 Å². The van der Waals surface area contributed by atoms with Crippen molar-refractivity contribution in [2.24, 2.45) is 0 Å². The first-order chi connectivity index (χ1) is 8.08. The Hall–Kier alpha value is -0.930. The lowest BCUT2D eigenvalue weighted by molar-refractivity contribution is 0.126. The number of hydrogen-bond acceptors (Lipinski definition) is 3. The van der Waals surface area contributed by atoms with Gasteiger partial charge in [-0.25, -0.2) is 0 Å². The van der Waals surface area contributed by atoms with Gasteiger partial charge < -0.3 is 14.2 Å². The first kappa shape index (κ1) is 11.2. The van der Waals surface area contributed by atoms with Crippen molar-refractivity contribution in [3.63, 3.8) is 0 Å². The molecular weight excluding hydrogens is 240 g/mol. The average Bonchev–Trinajstić information content (AvgIpc) is 3.06. The van der Waals surface area contributed by atoms with E-state index in [0.29, 0.717) is 6.61 Å². The van der Waals surface area contributed by atoms with Crippen LogP contribution < -0.4 is 9.47 Å². The third-order valence-corrected chi connectivity index (χ3v) is 3.85. The lowest BCUT2D eigenvalue weighted by Gasteiger charge is -2.21. The molecule has 0 aromatic heterocycles. The molecule has 2 heterocycles. The summed E-state index contributed by atoms with van der Waals surface area (Å²) in [7, 11) is 0. The van der Waals surface area contributed by atoms with Crippen LogP contribution in [0.2, 0.25) is 0 Å². The highest BCUT2D eigenvalue weighted by molar-refractivity contribution is 6.22. The van der Waals surface area contributed by atoms with Gasteiger partial charge in [-0.2, -0.15) is 0 Å². The summed E-state index contributed by atoms with van der Waals surface area (Å²) >= 11 is 6.38. The van der Waals surface area contributed by atoms with Gasteiger partial charge in [-0.1, -0.05) is 12.1 Å². The van der Waals surface area contributed by atoms with Crippen molar-refractivity contribution < 1.29 is 14.2 Å². The predicted molar refractivity (Wildman–Crippen MR) is 65.0 cm³/mol. The zero-order chi connectivity index (χ0) is 12.0. The molecule has 1 aromatic carbocycles. The molecule has 0 aliphatic carbocycles. The molecule has 2 aliphatic heterocycles. The van der Waals surface area contributed by atoms with Crippen molar-refractivity contribution in [3.05, 3.63) is 23.8 Å². The minimum absolute atomic E-state index is 0.141. The molecule has 0 saturated carbocycles. The number of epoxide rings is 1. The fourth-order valence-corrected chi connectivity index (χ4v) is 2.21. The van der Waals surface area contributed by atoms with E-state index in [9.17, 15) is 0 Å². The van der Waals surface area contributed by atoms with Crippen LogP contribution in [0.3, 0.4) is 0 Å². The normalized spacial score (nSPS) is 28.4. The molecule has 1 saturated heterocycles. The number of alkyl halides is 1. The van der Waals surface area contributed by atoms with Crippen molar-refractivity contribution in [2.45, 2.75) is 30.9 Å². The van der Waals surface area contributed by atoms with Gasteiger partial charge in [0.25, 0.3) is 0 Å². The third kappa shape index (κ3) is 1.98. The van der Waals surface area contributed by atoms with E-state index in [1.165, 1.54) is 0 Å². The number of fused-ring (bicyclic) bond motifs is 1. The second-order valence-corrected chi connectivity index (χ2v) is 5.45. The minimum Gasteiger partial charge on any atom is -0.487 e. The van der Waals surface area contributed by atoms with Crippen LogP contribution in [0.15, 0.2) is 18.2 Å². The van der Waals surface area contributed by atoms with E-state index >= 15 is 0 Å². The van der Waals surface area contributed by atoms with Crippen LogP contribution in [-0.4, -0.2) is 24.9 Å². The summed E-state index contributed by atoms with van der Waals surface area (Å²) in [5, 5.41) is -0.141. The molecule has 17 heavy (non-hydrogen) atoms. The highest BCUT2D eigenvalue weighted by Gasteiger charge is 2.41. The average molecular weight is 255 g/mol. The quantitative estimate of drug-likeness (QED) is 0.614. The van der Waals surface area contributed by atoms with Crippen LogP contribution in [0.4, 0.5) is 0 Å². The molecule has 0 amide bonds. The van der Waals surface area contributed by atoms with Crippen LogP contribution in [0, 0.1) is 0 Å². The number of para-hydroxylation sites is 1. The molecule has 0 N–H and O–H groups in total. The van der Waals surface area contributed by atoms with E-state index < -0.39 is 0 Å². The maximum atomic E-state index is 6.38. The summed E-state index contributed by atoms with van der Waals surface area (Å²) in [6, 6.07) is 5.84. The summed E-state index contributed by atoms with van der Waals surface area (Å²) in [5.41, 5.74) is 0.616. The Labute approximate surface area is 106 Å². The maximum absolute atomic E-state index is 6.38. The molecule has 0 bridgehead atoms. The second kappa shape index (κ2) is 3.79. The van der Waals surface area contributed by atoms with Crippen molar-refractivity contribution in [3.8, 4) is 11.5 Å². The Morgan fingerprint density at radius 2 is 2.24 bits per heavy atom. The van der Waals surface area contributed by atoms with Crippen molar-refractivity contribution in [1.29, 1.82) is 0 Å². The van der Waals surface area contributed by atoms with Crippen LogP contribution in [0.25, 0.3) is 0 Å². The molecule has 1 unspecified atom stereocenters. The van der Waals surface area contributed by atoms with E-state index in [1.54, 1.807) is 0 Å². The van der Waals surface area contributed by atoms with Gasteiger partial charge in [0.2, 0.25) is 0 Å². The lowest BCUT2D eigenvalue weighted by Crippen LogP contribution is -2.27. The minimum atomic E-state index is -0.389. The van der Waals surface area contributed by atoms with Gasteiger partial charge in [0.05, 0.1) is 6.61 Å². The SMILES string of the molecule is CC1(C)Oc2c(OCC3CO3)cccc2[C@@H]1Cl. The van der Waals surface area contributed by atoms with Gasteiger partial charge in [0.15, 0.2) is 11.5 Å². The fraction of sp³-hybridized carbons (Fsp3) is 0.538. The van der Waals surface area contributed by atoms with Crippen molar-refractivity contribution in [2.75, 3.05) is 13.2 Å². The summed E-state index contributed by atoms with van der Waals surface area (Å²) in [5.74, 6) is 1.53. The Bertz CT molecular complexity index is 440. The van der Waals surface area contributed by atoms with Crippen molar-refractivity contribution in [1.82, 2.24) is 0 Å². The summed E-state index contributed by atoms with van der Waals surface area (Å²) in [4.78, 5) is 0. The zero-order valence-electron chi connectivity index (χ0n) is 9.90. The van der Waals surface area contributed by atoms with Gasteiger partial charge in [-0.05, 0) is 19.9 Å². The lowest BCUT2D eigenvalue weighted by atomic mass is 10.0. The summed E-state index contributed by atoms with van der Waals surface area (Å²) in [6.45, 7) is 5.34. The number of hydrogen-bond donors (Lipinski definition) is 0. The van der Waals surface area contributed by atoms with Gasteiger partial charge in [-0.15, -0.1) is 11.6 Å². The van der Waals surface area contributed by atoms with Gasteiger partial charge in [0, 0.05) is 5.56 Å². The van der Waals surface area contributed by atoms with E-state index in [4.69, 9.17) is 25.8 Å². The van der Waals surface area contributed by atoms with E-state index in [-0.39, 0.29) is 17.1 Å². The molecule has 1 fully saturated rings. The van der Waals surface area contributed by atoms with E-state index in [1.807, 2.05) is 32.0 Å². The van der Waals surface area contributed by atoms with Crippen LogP contribution in [0.5, 0.6) is 11.5 Å².